The first-order valence-corrected chi connectivity index (χ1v) is 10.4. The summed E-state index contributed by atoms with van der Waals surface area (Å²) in [5.41, 5.74) is 0.736. The molecule has 3 atom stereocenters. The highest BCUT2D eigenvalue weighted by Crippen LogP contribution is 2.35. The van der Waals surface area contributed by atoms with Crippen LogP contribution in [-0.4, -0.2) is 50.5 Å². The molecule has 2 bridgehead atoms. The third-order valence-electron chi connectivity index (χ3n) is 5.43. The van der Waals surface area contributed by atoms with Crippen LogP contribution in [0.4, 0.5) is 0 Å². The molecule has 0 unspecified atom stereocenters. The van der Waals surface area contributed by atoms with Gasteiger partial charge in [-0.15, -0.1) is 0 Å². The summed E-state index contributed by atoms with van der Waals surface area (Å²) in [6.07, 6.45) is 2.43. The Hall–Kier alpha value is -1.44. The Morgan fingerprint density at radius 1 is 1.28 bits per heavy atom. The summed E-state index contributed by atoms with van der Waals surface area (Å²) in [5.74, 6) is 0.388. The van der Waals surface area contributed by atoms with Crippen LogP contribution >= 0.6 is 0 Å². The van der Waals surface area contributed by atoms with Gasteiger partial charge in [-0.05, 0) is 43.7 Å². The number of rotatable bonds is 5. The van der Waals surface area contributed by atoms with E-state index in [1.54, 1.807) is 25.1 Å². The fourth-order valence-corrected chi connectivity index (χ4v) is 5.49. The number of morpholine rings is 1. The number of hydrogen-bond donors (Lipinski definition) is 1. The Labute approximate surface area is 148 Å². The second kappa shape index (κ2) is 6.37. The van der Waals surface area contributed by atoms with E-state index in [1.807, 2.05) is 6.07 Å². The molecule has 3 fully saturated rings. The zero-order chi connectivity index (χ0) is 17.6. The van der Waals surface area contributed by atoms with Crippen LogP contribution in [0.1, 0.15) is 24.8 Å². The third kappa shape index (κ3) is 3.32. The van der Waals surface area contributed by atoms with Crippen molar-refractivity contribution in [2.75, 3.05) is 19.6 Å². The fraction of sp³-hybridized carbons (Fsp3) is 0.611. The lowest BCUT2D eigenvalue weighted by Gasteiger charge is -2.32. The zero-order valence-corrected chi connectivity index (χ0v) is 15.2. The average Bonchev–Trinajstić information content (AvgIpc) is 3.37. The lowest BCUT2D eigenvalue weighted by Crippen LogP contribution is -2.48. The monoisotopic (exact) mass is 364 g/mol. The van der Waals surface area contributed by atoms with Gasteiger partial charge in [-0.25, -0.2) is 8.42 Å². The first kappa shape index (κ1) is 17.0. The van der Waals surface area contributed by atoms with E-state index in [9.17, 15) is 13.2 Å². The maximum absolute atomic E-state index is 13.0. The molecule has 25 heavy (non-hydrogen) atoms. The quantitative estimate of drug-likeness (QED) is 0.854. The van der Waals surface area contributed by atoms with Crippen molar-refractivity contribution in [2.24, 2.45) is 11.8 Å². The predicted molar refractivity (Wildman–Crippen MR) is 92.4 cm³/mol. The van der Waals surface area contributed by atoms with Gasteiger partial charge in [0, 0.05) is 19.6 Å². The van der Waals surface area contributed by atoms with Gasteiger partial charge in [0.05, 0.1) is 23.0 Å². The largest absolute Gasteiger partial charge is 0.371 e. The molecule has 0 aromatic heterocycles. The van der Waals surface area contributed by atoms with E-state index in [4.69, 9.17) is 4.74 Å². The smallest absolute Gasteiger partial charge is 0.243 e. The molecule has 2 saturated heterocycles. The molecule has 1 N–H and O–H groups in total. The van der Waals surface area contributed by atoms with Crippen LogP contribution in [0.2, 0.25) is 0 Å². The summed E-state index contributed by atoms with van der Waals surface area (Å²) in [4.78, 5) is 12.8. The molecule has 3 aliphatic rings. The van der Waals surface area contributed by atoms with Crippen molar-refractivity contribution in [1.29, 1.82) is 0 Å². The van der Waals surface area contributed by atoms with Crippen molar-refractivity contribution in [3.63, 3.8) is 0 Å². The Morgan fingerprint density at radius 2 is 2.04 bits per heavy atom. The number of hydrogen-bond acceptors (Lipinski definition) is 4. The van der Waals surface area contributed by atoms with Crippen molar-refractivity contribution in [1.82, 2.24) is 9.62 Å². The molecule has 1 saturated carbocycles. The molecule has 1 aliphatic carbocycles. The molecule has 0 spiro atoms. The minimum Gasteiger partial charge on any atom is -0.371 e. The Bertz CT molecular complexity index is 775. The molecule has 1 amide bonds. The molecular formula is C18H24N2O4S. The topological polar surface area (TPSA) is 75.7 Å². The number of benzene rings is 1. The predicted octanol–water partition coefficient (Wildman–Crippen LogP) is 1.30. The summed E-state index contributed by atoms with van der Waals surface area (Å²) < 4.78 is 33.4. The van der Waals surface area contributed by atoms with Gasteiger partial charge >= 0.3 is 0 Å². The van der Waals surface area contributed by atoms with Gasteiger partial charge in [-0.2, -0.15) is 4.31 Å². The highest BCUT2D eigenvalue weighted by molar-refractivity contribution is 7.89. The molecule has 4 rings (SSSR count). The van der Waals surface area contributed by atoms with Gasteiger partial charge in [0.2, 0.25) is 15.9 Å². The summed E-state index contributed by atoms with van der Waals surface area (Å²) in [7, 11) is -3.56. The third-order valence-corrected chi connectivity index (χ3v) is 7.43. The second-order valence-corrected chi connectivity index (χ2v) is 9.32. The van der Waals surface area contributed by atoms with Crippen molar-refractivity contribution < 1.29 is 17.9 Å². The van der Waals surface area contributed by atoms with Crippen molar-refractivity contribution in [3.05, 3.63) is 29.8 Å². The first-order chi connectivity index (χ1) is 11.9. The van der Waals surface area contributed by atoms with Crippen LogP contribution in [0.5, 0.6) is 0 Å². The van der Waals surface area contributed by atoms with Gasteiger partial charge in [0.15, 0.2) is 0 Å². The van der Waals surface area contributed by atoms with E-state index < -0.39 is 10.0 Å². The Balaban J connectivity index is 1.48. The van der Waals surface area contributed by atoms with Crippen LogP contribution in [0, 0.1) is 18.8 Å². The van der Waals surface area contributed by atoms with Crippen LogP contribution in [0.3, 0.4) is 0 Å². The van der Waals surface area contributed by atoms with Crippen LogP contribution in [0.25, 0.3) is 0 Å². The number of ether oxygens (including phenoxy) is 1. The molecule has 7 heteroatoms. The van der Waals surface area contributed by atoms with Gasteiger partial charge < -0.3 is 10.1 Å². The molecule has 136 valence electrons. The van der Waals surface area contributed by atoms with E-state index in [2.05, 4.69) is 5.32 Å². The highest BCUT2D eigenvalue weighted by atomic mass is 32.2. The number of amides is 1. The fourth-order valence-electron chi connectivity index (χ4n) is 3.78. The lowest BCUT2D eigenvalue weighted by molar-refractivity contribution is -0.127. The summed E-state index contributed by atoms with van der Waals surface area (Å²) in [6, 6.07) is 7.01. The summed E-state index contributed by atoms with van der Waals surface area (Å²) in [6.45, 7) is 3.10. The van der Waals surface area contributed by atoms with Crippen LogP contribution in [-0.2, 0) is 19.6 Å². The molecule has 2 heterocycles. The van der Waals surface area contributed by atoms with E-state index in [-0.39, 0.29) is 30.6 Å². The molecule has 1 aromatic rings. The minimum absolute atomic E-state index is 0.00883. The van der Waals surface area contributed by atoms with Gasteiger partial charge in [0.25, 0.3) is 0 Å². The average molecular weight is 364 g/mol. The summed E-state index contributed by atoms with van der Waals surface area (Å²) >= 11 is 0. The normalized spacial score (nSPS) is 29.6. The number of nitrogens with zero attached hydrogens (tertiary/aromatic N) is 1. The molecule has 2 aliphatic heterocycles. The Kier molecular flexibility index (Phi) is 4.33. The first-order valence-electron chi connectivity index (χ1n) is 8.94. The highest BCUT2D eigenvalue weighted by Gasteiger charge is 2.47. The van der Waals surface area contributed by atoms with Gasteiger partial charge in [-0.1, -0.05) is 18.2 Å². The van der Waals surface area contributed by atoms with E-state index in [1.165, 1.54) is 17.1 Å². The number of sulfonamides is 1. The second-order valence-electron chi connectivity index (χ2n) is 7.41. The van der Waals surface area contributed by atoms with E-state index >= 15 is 0 Å². The number of nitrogens with one attached hydrogen (secondary N) is 1. The summed E-state index contributed by atoms with van der Waals surface area (Å²) in [5, 5.41) is 3.01. The maximum Gasteiger partial charge on any atom is 0.243 e. The van der Waals surface area contributed by atoms with Crippen molar-refractivity contribution in [3.8, 4) is 0 Å². The number of fused-ring (bicyclic) bond motifs is 2. The molecule has 6 nitrogen and oxygen atoms in total. The van der Waals surface area contributed by atoms with Gasteiger partial charge in [-0.3, -0.25) is 4.79 Å². The van der Waals surface area contributed by atoms with E-state index in [0.29, 0.717) is 23.8 Å². The van der Waals surface area contributed by atoms with Crippen molar-refractivity contribution >= 4 is 15.9 Å². The van der Waals surface area contributed by atoms with E-state index in [0.717, 1.165) is 12.1 Å². The zero-order valence-electron chi connectivity index (χ0n) is 14.3. The maximum atomic E-state index is 13.0. The Morgan fingerprint density at radius 3 is 2.76 bits per heavy atom. The van der Waals surface area contributed by atoms with Crippen molar-refractivity contribution in [2.45, 2.75) is 43.3 Å². The molecular weight excluding hydrogens is 340 g/mol. The standard InChI is InChI=1S/C18H24N2O4S/c1-12-4-2-3-5-17(12)25(22,23)20-10-14-8-15(16(11-20)24-14)18(21)19-9-13-6-7-13/h2-5,13-16H,6-11H2,1H3,(H,19,21)/t14-,15+,16-/m1/s1. The molecule has 1 aromatic carbocycles. The number of aryl methyl sites for hydroxylation is 1. The number of carbonyl (C=O) groups is 1. The van der Waals surface area contributed by atoms with Crippen LogP contribution in [0.15, 0.2) is 29.2 Å². The molecule has 0 radical (unpaired) electrons. The lowest BCUT2D eigenvalue weighted by atomic mass is 9.99. The SMILES string of the molecule is Cc1ccccc1S(=O)(=O)N1C[C@H]2C[C@H](C(=O)NCC3CC3)[C@@H](C1)O2. The van der Waals surface area contributed by atoms with Crippen LogP contribution < -0.4 is 5.32 Å². The number of carbonyl (C=O) groups excluding carboxylic acids is 1. The minimum atomic E-state index is -3.56. The van der Waals surface area contributed by atoms with Gasteiger partial charge in [0.1, 0.15) is 0 Å².